The van der Waals surface area contributed by atoms with Crippen LogP contribution in [0.4, 0.5) is 0 Å². The zero-order valence-electron chi connectivity index (χ0n) is 6.01. The summed E-state index contributed by atoms with van der Waals surface area (Å²) in [6.07, 6.45) is 4.79. The predicted molar refractivity (Wildman–Crippen MR) is 36.4 cm³/mol. The van der Waals surface area contributed by atoms with Gasteiger partial charge >= 0.3 is 5.97 Å². The molecule has 2 heteroatoms. The first-order valence-electron chi connectivity index (χ1n) is 4.04. The van der Waals surface area contributed by atoms with Crippen molar-refractivity contribution >= 4 is 5.97 Å². The molecule has 0 bridgehead atoms. The molecular weight excluding hydrogens is 128 g/mol. The number of hydrogen-bond acceptors (Lipinski definition) is 2. The van der Waals surface area contributed by atoms with E-state index in [2.05, 4.69) is 0 Å². The summed E-state index contributed by atoms with van der Waals surface area (Å²) in [5.74, 6) is 0.903. The van der Waals surface area contributed by atoms with Crippen molar-refractivity contribution in [2.24, 2.45) is 11.8 Å². The molecule has 0 radical (unpaired) electrons. The number of rotatable bonds is 0. The lowest BCUT2D eigenvalue weighted by Crippen LogP contribution is -2.19. The number of esters is 1. The minimum Gasteiger partial charge on any atom is -0.465 e. The van der Waals surface area contributed by atoms with Crippen molar-refractivity contribution in [2.75, 3.05) is 6.61 Å². The minimum atomic E-state index is 0.0599. The highest BCUT2D eigenvalue weighted by Crippen LogP contribution is 2.35. The van der Waals surface area contributed by atoms with Crippen molar-refractivity contribution in [3.05, 3.63) is 0 Å². The average Bonchev–Trinajstić information content (AvgIpc) is 2.34. The molecule has 1 aliphatic heterocycles. The van der Waals surface area contributed by atoms with Crippen LogP contribution < -0.4 is 0 Å². The molecule has 10 heavy (non-hydrogen) atoms. The molecule has 0 aromatic rings. The number of carbonyl (C=O) groups is 1. The number of hydrogen-bond donors (Lipinski definition) is 0. The molecule has 2 rings (SSSR count). The zero-order valence-corrected chi connectivity index (χ0v) is 6.01. The second kappa shape index (κ2) is 2.26. The Kier molecular flexibility index (Phi) is 1.40. The van der Waals surface area contributed by atoms with Crippen LogP contribution in [0.25, 0.3) is 0 Å². The quantitative estimate of drug-likeness (QED) is 0.475. The molecule has 0 unspecified atom stereocenters. The van der Waals surface area contributed by atoms with E-state index in [0.29, 0.717) is 12.5 Å². The van der Waals surface area contributed by atoms with Gasteiger partial charge in [-0.3, -0.25) is 4.79 Å². The van der Waals surface area contributed by atoms with Gasteiger partial charge in [-0.2, -0.15) is 0 Å². The third-order valence-electron chi connectivity index (χ3n) is 2.65. The van der Waals surface area contributed by atoms with Crippen LogP contribution in [0.5, 0.6) is 0 Å². The Bertz CT molecular complexity index is 153. The van der Waals surface area contributed by atoms with Gasteiger partial charge in [-0.15, -0.1) is 0 Å². The lowest BCUT2D eigenvalue weighted by atomic mass is 9.81. The summed E-state index contributed by atoms with van der Waals surface area (Å²) < 4.78 is 4.96. The van der Waals surface area contributed by atoms with Gasteiger partial charge in [0.05, 0.1) is 12.5 Å². The fraction of sp³-hybridized carbons (Fsp3) is 0.875. The average molecular weight is 140 g/mol. The summed E-state index contributed by atoms with van der Waals surface area (Å²) in [4.78, 5) is 11.0. The van der Waals surface area contributed by atoms with Crippen molar-refractivity contribution in [1.82, 2.24) is 0 Å². The van der Waals surface area contributed by atoms with Crippen LogP contribution in [0.3, 0.4) is 0 Å². The first kappa shape index (κ1) is 6.20. The Labute approximate surface area is 60.6 Å². The van der Waals surface area contributed by atoms with E-state index in [1.54, 1.807) is 0 Å². The number of cyclic esters (lactones) is 1. The van der Waals surface area contributed by atoms with Crippen molar-refractivity contribution in [3.8, 4) is 0 Å². The first-order chi connectivity index (χ1) is 4.88. The fourth-order valence-corrected chi connectivity index (χ4v) is 2.01. The van der Waals surface area contributed by atoms with Crippen molar-refractivity contribution < 1.29 is 9.53 Å². The van der Waals surface area contributed by atoms with Gasteiger partial charge in [0.2, 0.25) is 0 Å². The molecular formula is C8H12O2. The lowest BCUT2D eigenvalue weighted by molar-refractivity contribution is -0.141. The van der Waals surface area contributed by atoms with Crippen LogP contribution in [0.15, 0.2) is 0 Å². The van der Waals surface area contributed by atoms with E-state index in [1.165, 1.54) is 19.3 Å². The molecule has 56 valence electrons. The molecule has 1 saturated heterocycles. The van der Waals surface area contributed by atoms with E-state index in [0.717, 1.165) is 6.42 Å². The Morgan fingerprint density at radius 2 is 2.10 bits per heavy atom. The molecule has 0 aromatic carbocycles. The number of ether oxygens (including phenoxy) is 1. The van der Waals surface area contributed by atoms with Gasteiger partial charge in [0.25, 0.3) is 0 Å². The highest BCUT2D eigenvalue weighted by Gasteiger charge is 2.37. The Hall–Kier alpha value is -0.530. The molecule has 0 aromatic heterocycles. The first-order valence-corrected chi connectivity index (χ1v) is 4.04. The molecule has 1 aliphatic carbocycles. The SMILES string of the molecule is O=C1OC[C@H]2CCCC[C@@H]12. The summed E-state index contributed by atoms with van der Waals surface area (Å²) in [6.45, 7) is 0.698. The maximum absolute atomic E-state index is 11.0. The van der Waals surface area contributed by atoms with Crippen LogP contribution in [0, 0.1) is 11.8 Å². The van der Waals surface area contributed by atoms with Gasteiger partial charge in [0.1, 0.15) is 0 Å². The third kappa shape index (κ3) is 0.825. The topological polar surface area (TPSA) is 26.3 Å². The summed E-state index contributed by atoms with van der Waals surface area (Å²) in [7, 11) is 0. The normalized spacial score (nSPS) is 39.0. The van der Waals surface area contributed by atoms with Crippen LogP contribution in [-0.2, 0) is 9.53 Å². The van der Waals surface area contributed by atoms with E-state index in [-0.39, 0.29) is 11.9 Å². The fourth-order valence-electron chi connectivity index (χ4n) is 2.01. The second-order valence-electron chi connectivity index (χ2n) is 3.28. The summed E-state index contributed by atoms with van der Waals surface area (Å²) in [5, 5.41) is 0. The zero-order chi connectivity index (χ0) is 6.97. The van der Waals surface area contributed by atoms with E-state index >= 15 is 0 Å². The van der Waals surface area contributed by atoms with Crippen LogP contribution >= 0.6 is 0 Å². The molecule has 0 N–H and O–H groups in total. The Morgan fingerprint density at radius 3 is 2.90 bits per heavy atom. The summed E-state index contributed by atoms with van der Waals surface area (Å²) in [5.41, 5.74) is 0. The van der Waals surface area contributed by atoms with Crippen molar-refractivity contribution in [3.63, 3.8) is 0 Å². The molecule has 2 fully saturated rings. The molecule has 2 atom stereocenters. The number of fused-ring (bicyclic) bond motifs is 1. The molecule has 2 aliphatic rings. The van der Waals surface area contributed by atoms with E-state index < -0.39 is 0 Å². The maximum Gasteiger partial charge on any atom is 0.309 e. The highest BCUT2D eigenvalue weighted by molar-refractivity contribution is 5.74. The van der Waals surface area contributed by atoms with Crippen LogP contribution in [-0.4, -0.2) is 12.6 Å². The standard InChI is InChI=1S/C8H12O2/c9-8-7-4-2-1-3-6(7)5-10-8/h6-7H,1-5H2/t6-,7-/m1/s1. The van der Waals surface area contributed by atoms with Crippen LogP contribution in [0.1, 0.15) is 25.7 Å². The maximum atomic E-state index is 11.0. The summed E-state index contributed by atoms with van der Waals surface area (Å²) in [6, 6.07) is 0. The van der Waals surface area contributed by atoms with Gasteiger partial charge < -0.3 is 4.74 Å². The molecule has 0 spiro atoms. The van der Waals surface area contributed by atoms with E-state index in [1.807, 2.05) is 0 Å². The van der Waals surface area contributed by atoms with Gasteiger partial charge in [0, 0.05) is 5.92 Å². The van der Waals surface area contributed by atoms with Crippen LogP contribution in [0.2, 0.25) is 0 Å². The monoisotopic (exact) mass is 140 g/mol. The Morgan fingerprint density at radius 1 is 1.30 bits per heavy atom. The predicted octanol–water partition coefficient (Wildman–Crippen LogP) is 1.35. The second-order valence-corrected chi connectivity index (χ2v) is 3.28. The van der Waals surface area contributed by atoms with Gasteiger partial charge in [-0.1, -0.05) is 12.8 Å². The smallest absolute Gasteiger partial charge is 0.309 e. The van der Waals surface area contributed by atoms with Gasteiger partial charge in [-0.05, 0) is 12.8 Å². The van der Waals surface area contributed by atoms with Gasteiger partial charge in [-0.25, -0.2) is 0 Å². The highest BCUT2D eigenvalue weighted by atomic mass is 16.5. The van der Waals surface area contributed by atoms with E-state index in [4.69, 9.17) is 4.74 Å². The lowest BCUT2D eigenvalue weighted by Gasteiger charge is -2.19. The minimum absolute atomic E-state index is 0.0599. The van der Waals surface area contributed by atoms with Crippen molar-refractivity contribution in [1.29, 1.82) is 0 Å². The van der Waals surface area contributed by atoms with Gasteiger partial charge in [0.15, 0.2) is 0 Å². The summed E-state index contributed by atoms with van der Waals surface area (Å²) >= 11 is 0. The Balaban J connectivity index is 2.08. The molecule has 2 nitrogen and oxygen atoms in total. The third-order valence-corrected chi connectivity index (χ3v) is 2.65. The van der Waals surface area contributed by atoms with Crippen molar-refractivity contribution in [2.45, 2.75) is 25.7 Å². The molecule has 0 amide bonds. The molecule has 1 heterocycles. The largest absolute Gasteiger partial charge is 0.465 e. The number of carbonyl (C=O) groups excluding carboxylic acids is 1. The van der Waals surface area contributed by atoms with E-state index in [9.17, 15) is 4.79 Å². The molecule has 1 saturated carbocycles.